The van der Waals surface area contributed by atoms with E-state index in [-0.39, 0.29) is 5.71 Å². The molecule has 6 heteroatoms. The first-order valence-electron chi connectivity index (χ1n) is 5.90. The molecular weight excluding hydrogens is 309 g/mol. The molecule has 0 spiro atoms. The van der Waals surface area contributed by atoms with Crippen LogP contribution < -0.4 is 5.43 Å². The molecule has 0 amide bonds. The van der Waals surface area contributed by atoms with Gasteiger partial charge in [0.2, 0.25) is 11.5 Å². The maximum absolute atomic E-state index is 12.1. The van der Waals surface area contributed by atoms with E-state index in [0.717, 1.165) is 0 Å². The third-order valence-electron chi connectivity index (χ3n) is 2.55. The molecular formula is C15H9Cl2N3O. The molecule has 1 N–H and O–H groups in total. The van der Waals surface area contributed by atoms with E-state index in [1.165, 1.54) is 12.1 Å². The predicted molar refractivity (Wildman–Crippen MR) is 83.9 cm³/mol. The Labute approximate surface area is 131 Å². The predicted octanol–water partition coefficient (Wildman–Crippen LogP) is 4.17. The van der Waals surface area contributed by atoms with Crippen molar-refractivity contribution in [1.29, 1.82) is 5.26 Å². The zero-order chi connectivity index (χ0) is 15.2. The largest absolute Gasteiger partial charge is 0.286 e. The number of nitrogens with zero attached hydrogens (tertiary/aromatic N) is 2. The van der Waals surface area contributed by atoms with Gasteiger partial charge in [-0.1, -0.05) is 29.3 Å². The summed E-state index contributed by atoms with van der Waals surface area (Å²) in [5.74, 6) is -0.483. The molecule has 104 valence electrons. The molecule has 2 rings (SSSR count). The molecule has 0 fully saturated rings. The Bertz CT molecular complexity index is 733. The van der Waals surface area contributed by atoms with Crippen LogP contribution in [0.15, 0.2) is 53.6 Å². The van der Waals surface area contributed by atoms with Crippen LogP contribution in [0, 0.1) is 11.3 Å². The zero-order valence-electron chi connectivity index (χ0n) is 10.7. The summed E-state index contributed by atoms with van der Waals surface area (Å²) < 4.78 is 0. The highest BCUT2D eigenvalue weighted by molar-refractivity contribution is 6.51. The maximum atomic E-state index is 12.1. The van der Waals surface area contributed by atoms with E-state index in [4.69, 9.17) is 28.5 Å². The summed E-state index contributed by atoms with van der Waals surface area (Å²) in [5.41, 5.74) is 3.30. The average Bonchev–Trinajstić information content (AvgIpc) is 2.48. The van der Waals surface area contributed by atoms with Gasteiger partial charge in [-0.15, -0.1) is 0 Å². The number of nitriles is 1. The third-order valence-corrected chi connectivity index (χ3v) is 3.04. The molecule has 0 aliphatic rings. The highest BCUT2D eigenvalue weighted by atomic mass is 35.5. The van der Waals surface area contributed by atoms with Crippen LogP contribution in [-0.4, -0.2) is 11.5 Å². The zero-order valence-corrected chi connectivity index (χ0v) is 12.2. The molecule has 0 saturated heterocycles. The molecule has 2 aromatic rings. The molecule has 0 saturated carbocycles. The first kappa shape index (κ1) is 15.0. The molecule has 0 aliphatic carbocycles. The number of Topliss-reactive ketones (excluding diaryl/α,β-unsaturated/α-hetero) is 1. The van der Waals surface area contributed by atoms with Gasteiger partial charge in [-0.05, 0) is 42.5 Å². The van der Waals surface area contributed by atoms with Gasteiger partial charge in [0.25, 0.3) is 0 Å². The van der Waals surface area contributed by atoms with E-state index in [1.54, 1.807) is 42.5 Å². The van der Waals surface area contributed by atoms with Gasteiger partial charge >= 0.3 is 0 Å². The van der Waals surface area contributed by atoms with Crippen LogP contribution in [-0.2, 0) is 0 Å². The molecule has 0 bridgehead atoms. The Morgan fingerprint density at radius 3 is 2.43 bits per heavy atom. The molecule has 4 nitrogen and oxygen atoms in total. The van der Waals surface area contributed by atoms with Crippen LogP contribution in [0.5, 0.6) is 0 Å². The van der Waals surface area contributed by atoms with E-state index in [2.05, 4.69) is 10.5 Å². The van der Waals surface area contributed by atoms with Crippen molar-refractivity contribution in [3.63, 3.8) is 0 Å². The smallest absolute Gasteiger partial charge is 0.223 e. The number of hydrazone groups is 1. The normalized spacial score (nSPS) is 10.8. The Morgan fingerprint density at radius 1 is 1.10 bits per heavy atom. The van der Waals surface area contributed by atoms with Gasteiger partial charge in [0.1, 0.15) is 6.07 Å². The van der Waals surface area contributed by atoms with Crippen LogP contribution in [0.4, 0.5) is 5.69 Å². The van der Waals surface area contributed by atoms with Gasteiger partial charge in [-0.3, -0.25) is 10.2 Å². The van der Waals surface area contributed by atoms with Crippen molar-refractivity contribution in [2.75, 3.05) is 5.43 Å². The fraction of sp³-hybridized carbons (Fsp3) is 0. The lowest BCUT2D eigenvalue weighted by molar-refractivity contribution is 0.106. The van der Waals surface area contributed by atoms with Crippen molar-refractivity contribution in [2.45, 2.75) is 0 Å². The number of hydrogen-bond acceptors (Lipinski definition) is 4. The van der Waals surface area contributed by atoms with Crippen molar-refractivity contribution < 1.29 is 4.79 Å². The fourth-order valence-corrected chi connectivity index (χ4v) is 1.86. The number of carbonyl (C=O) groups excluding carboxylic acids is 1. The van der Waals surface area contributed by atoms with Crippen molar-refractivity contribution in [1.82, 2.24) is 0 Å². The lowest BCUT2D eigenvalue weighted by Gasteiger charge is -2.02. The number of anilines is 1. The van der Waals surface area contributed by atoms with E-state index in [1.807, 2.05) is 0 Å². The van der Waals surface area contributed by atoms with E-state index in [0.29, 0.717) is 21.3 Å². The summed E-state index contributed by atoms with van der Waals surface area (Å²) in [4.78, 5) is 12.1. The minimum Gasteiger partial charge on any atom is -0.286 e. The molecule has 0 radical (unpaired) electrons. The Kier molecular flexibility index (Phi) is 4.94. The summed E-state index contributed by atoms with van der Waals surface area (Å²) in [5, 5.41) is 13.9. The number of halogens is 2. The summed E-state index contributed by atoms with van der Waals surface area (Å²) in [7, 11) is 0. The average molecular weight is 318 g/mol. The van der Waals surface area contributed by atoms with Crippen LogP contribution >= 0.6 is 23.2 Å². The highest BCUT2D eigenvalue weighted by Crippen LogP contribution is 2.15. The second kappa shape index (κ2) is 6.89. The summed E-state index contributed by atoms with van der Waals surface area (Å²) in [6.45, 7) is 0. The Morgan fingerprint density at radius 2 is 1.81 bits per heavy atom. The van der Waals surface area contributed by atoms with Crippen molar-refractivity contribution in [3.8, 4) is 6.07 Å². The van der Waals surface area contributed by atoms with E-state index < -0.39 is 5.78 Å². The second-order valence-corrected chi connectivity index (χ2v) is 4.90. The number of ketones is 1. The van der Waals surface area contributed by atoms with E-state index >= 15 is 0 Å². The number of carbonyl (C=O) groups is 1. The minimum absolute atomic E-state index is 0.253. The van der Waals surface area contributed by atoms with Gasteiger partial charge < -0.3 is 0 Å². The first-order valence-corrected chi connectivity index (χ1v) is 6.65. The summed E-state index contributed by atoms with van der Waals surface area (Å²) in [6, 6.07) is 14.8. The first-order chi connectivity index (χ1) is 10.1. The van der Waals surface area contributed by atoms with Gasteiger partial charge in [-0.25, -0.2) is 0 Å². The lowest BCUT2D eigenvalue weighted by atomic mass is 10.1. The third kappa shape index (κ3) is 4.06. The monoisotopic (exact) mass is 317 g/mol. The number of benzene rings is 2. The molecule has 0 heterocycles. The van der Waals surface area contributed by atoms with Crippen LogP contribution in [0.2, 0.25) is 10.0 Å². The summed E-state index contributed by atoms with van der Waals surface area (Å²) in [6.07, 6.45) is 0. The lowest BCUT2D eigenvalue weighted by Crippen LogP contribution is -2.14. The number of hydrogen-bond donors (Lipinski definition) is 1. The molecule has 0 atom stereocenters. The summed E-state index contributed by atoms with van der Waals surface area (Å²) >= 11 is 11.6. The quantitative estimate of drug-likeness (QED) is 0.523. The molecule has 21 heavy (non-hydrogen) atoms. The Balaban J connectivity index is 2.19. The maximum Gasteiger partial charge on any atom is 0.223 e. The van der Waals surface area contributed by atoms with Gasteiger partial charge in [0.05, 0.1) is 5.69 Å². The Hall–Kier alpha value is -2.35. The number of nitrogens with one attached hydrogen (secondary N) is 1. The molecule has 0 aromatic heterocycles. The van der Waals surface area contributed by atoms with Crippen molar-refractivity contribution in [2.24, 2.45) is 5.10 Å². The fourth-order valence-electron chi connectivity index (χ4n) is 1.54. The SMILES string of the molecule is N#C/C(=N/Nc1cccc(Cl)c1)C(=O)c1ccc(Cl)cc1. The van der Waals surface area contributed by atoms with Crippen LogP contribution in [0.25, 0.3) is 0 Å². The van der Waals surface area contributed by atoms with Crippen LogP contribution in [0.3, 0.4) is 0 Å². The van der Waals surface area contributed by atoms with Crippen LogP contribution in [0.1, 0.15) is 10.4 Å². The molecule has 0 unspecified atom stereocenters. The topological polar surface area (TPSA) is 65.2 Å². The molecule has 2 aromatic carbocycles. The standard InChI is InChI=1S/C15H9Cl2N3O/c16-11-6-4-10(5-7-11)15(21)14(9-18)20-19-13-3-1-2-12(17)8-13/h1-8,19H/b20-14-. The van der Waals surface area contributed by atoms with Gasteiger partial charge in [-0.2, -0.15) is 10.4 Å². The van der Waals surface area contributed by atoms with Crippen molar-refractivity contribution in [3.05, 3.63) is 64.1 Å². The highest BCUT2D eigenvalue weighted by Gasteiger charge is 2.13. The number of rotatable bonds is 4. The second-order valence-electron chi connectivity index (χ2n) is 4.03. The van der Waals surface area contributed by atoms with Crippen molar-refractivity contribution >= 4 is 40.4 Å². The van der Waals surface area contributed by atoms with Gasteiger partial charge in [0, 0.05) is 15.6 Å². The van der Waals surface area contributed by atoms with E-state index in [9.17, 15) is 4.79 Å². The molecule has 0 aliphatic heterocycles. The minimum atomic E-state index is -0.483. The van der Waals surface area contributed by atoms with Gasteiger partial charge in [0.15, 0.2) is 0 Å².